The summed E-state index contributed by atoms with van der Waals surface area (Å²) >= 11 is 0. The highest BCUT2D eigenvalue weighted by molar-refractivity contribution is 8.76. The molecule has 0 saturated carbocycles. The van der Waals surface area contributed by atoms with Crippen molar-refractivity contribution in [1.82, 2.24) is 42.8 Å². The zero-order valence-corrected chi connectivity index (χ0v) is 37.0. The fourth-order valence-electron chi connectivity index (χ4n) is 5.16. The van der Waals surface area contributed by atoms with Gasteiger partial charge in [-0.25, -0.2) is 34.2 Å². The maximum atomic E-state index is 13.5. The van der Waals surface area contributed by atoms with Crippen molar-refractivity contribution in [1.29, 1.82) is 0 Å². The Morgan fingerprint density at radius 1 is 0.537 bits per heavy atom. The van der Waals surface area contributed by atoms with Crippen LogP contribution in [0.5, 0.6) is 0 Å². The van der Waals surface area contributed by atoms with Crippen molar-refractivity contribution in [3.8, 4) is 0 Å². The lowest BCUT2D eigenvalue weighted by Crippen LogP contribution is -2.57. The number of carbonyl (C=O) groups excluding carboxylic acids is 7. The number of urea groups is 1. The largest absolute Gasteiger partial charge is 0.481 e. The zero-order chi connectivity index (χ0) is 50.6. The van der Waals surface area contributed by atoms with E-state index in [4.69, 9.17) is 9.84 Å². The quantitative estimate of drug-likeness (QED) is 0.0209. The predicted octanol–water partition coefficient (Wildman–Crippen LogP) is -2.40. The van der Waals surface area contributed by atoms with E-state index in [9.17, 15) is 87.9 Å². The minimum absolute atomic E-state index is 0.134. The van der Waals surface area contributed by atoms with Gasteiger partial charge in [0.25, 0.3) is 0 Å². The van der Waals surface area contributed by atoms with Crippen LogP contribution in [0.4, 0.5) is 9.59 Å². The van der Waals surface area contributed by atoms with E-state index in [-0.39, 0.29) is 24.5 Å². The Balaban J connectivity index is 2.95. The molecule has 0 spiro atoms. The second-order valence-corrected chi connectivity index (χ2v) is 16.4. The first-order valence-corrected chi connectivity index (χ1v) is 22.1. The maximum absolute atomic E-state index is 13.5. The molecule has 30 heteroatoms. The molecule has 0 heterocycles. The lowest BCUT2D eigenvalue weighted by molar-refractivity contribution is -0.143. The van der Waals surface area contributed by atoms with Gasteiger partial charge in [-0.15, -0.1) is 0 Å². The molecule has 1 aromatic rings. The van der Waals surface area contributed by atoms with Crippen molar-refractivity contribution in [2.75, 3.05) is 18.1 Å². The van der Waals surface area contributed by atoms with Crippen LogP contribution < -0.4 is 42.8 Å². The fourth-order valence-corrected chi connectivity index (χ4v) is 7.14. The summed E-state index contributed by atoms with van der Waals surface area (Å²) in [6.07, 6.45) is -6.19. The minimum Gasteiger partial charge on any atom is -0.481 e. The SMILES string of the molecule is CC(=O)NNC(=O)OCCSSC[C@H](NC(=O)[C@H](Cc1ccccc1)NC(=O)[C@H](CC(=O)O)NC(=O)CC[C@H](NC(=O)CC[C@H](NC(=O)N[C@@H](CCC(=O)O)C(=O)O)C(=O)O)C(=O)O)C(=O)O. The molecule has 1 aromatic carbocycles. The average molecular weight is 991 g/mol. The second-order valence-electron chi connectivity index (χ2n) is 13.8. The molecule has 0 unspecified atom stereocenters. The summed E-state index contributed by atoms with van der Waals surface area (Å²) in [4.78, 5) is 157. The topological polar surface area (TPSA) is 449 Å². The van der Waals surface area contributed by atoms with Crippen LogP contribution >= 0.6 is 21.6 Å². The van der Waals surface area contributed by atoms with E-state index < -0.39 is 159 Å². The van der Waals surface area contributed by atoms with Gasteiger partial charge in [0.1, 0.15) is 42.9 Å². The summed E-state index contributed by atoms with van der Waals surface area (Å²) in [6.45, 7) is 1.02. The molecule has 0 fully saturated rings. The number of aliphatic carboxylic acids is 6. The number of nitrogens with one attached hydrogen (secondary N) is 8. The van der Waals surface area contributed by atoms with Crippen molar-refractivity contribution in [2.24, 2.45) is 0 Å². The van der Waals surface area contributed by atoms with E-state index in [1.54, 1.807) is 30.3 Å². The molecule has 0 aliphatic carbocycles. The van der Waals surface area contributed by atoms with E-state index >= 15 is 0 Å². The molecule has 0 aliphatic heterocycles. The van der Waals surface area contributed by atoms with Gasteiger partial charge in [-0.3, -0.25) is 39.0 Å². The number of carboxylic acids is 6. The van der Waals surface area contributed by atoms with E-state index in [0.29, 0.717) is 5.56 Å². The van der Waals surface area contributed by atoms with E-state index in [0.717, 1.165) is 28.5 Å². The second kappa shape index (κ2) is 30.7. The molecular formula is C37H50N8O20S2. The monoisotopic (exact) mass is 990 g/mol. The summed E-state index contributed by atoms with van der Waals surface area (Å²) < 4.78 is 4.83. The van der Waals surface area contributed by atoms with Gasteiger partial charge < -0.3 is 67.3 Å². The molecule has 14 N–H and O–H groups in total. The molecule has 0 aliphatic rings. The van der Waals surface area contributed by atoms with Crippen molar-refractivity contribution in [2.45, 2.75) is 94.5 Å². The van der Waals surface area contributed by atoms with Crippen LogP contribution in [-0.2, 0) is 63.9 Å². The number of amides is 8. The third-order valence-electron chi connectivity index (χ3n) is 8.43. The van der Waals surface area contributed by atoms with Crippen LogP contribution in [0.2, 0.25) is 0 Å². The fraction of sp³-hybridized carbons (Fsp3) is 0.486. The van der Waals surface area contributed by atoms with E-state index in [1.165, 1.54) is 0 Å². The highest BCUT2D eigenvalue weighted by Crippen LogP contribution is 2.22. The molecular weight excluding hydrogens is 941 g/mol. The Bertz CT molecular complexity index is 1960. The van der Waals surface area contributed by atoms with Crippen LogP contribution in [-0.4, -0.2) is 162 Å². The van der Waals surface area contributed by atoms with E-state index in [2.05, 4.69) is 21.3 Å². The summed E-state index contributed by atoms with van der Waals surface area (Å²) in [7, 11) is 2.07. The number of hydrogen-bond acceptors (Lipinski definition) is 16. The highest BCUT2D eigenvalue weighted by atomic mass is 33.1. The number of benzene rings is 1. The minimum atomic E-state index is -1.88. The van der Waals surface area contributed by atoms with Crippen LogP contribution in [0.25, 0.3) is 0 Å². The van der Waals surface area contributed by atoms with Crippen molar-refractivity contribution < 1.29 is 97.7 Å². The van der Waals surface area contributed by atoms with Crippen molar-refractivity contribution in [3.05, 3.63) is 35.9 Å². The number of hydrazine groups is 1. The molecule has 0 aromatic heterocycles. The molecule has 370 valence electrons. The Morgan fingerprint density at radius 3 is 1.51 bits per heavy atom. The lowest BCUT2D eigenvalue weighted by atomic mass is 10.0. The molecule has 0 saturated heterocycles. The third-order valence-corrected chi connectivity index (χ3v) is 10.8. The van der Waals surface area contributed by atoms with Gasteiger partial charge in [0.15, 0.2) is 0 Å². The third kappa shape index (κ3) is 25.6. The first kappa shape index (κ1) is 57.6. The van der Waals surface area contributed by atoms with Gasteiger partial charge in [-0.05, 0) is 24.8 Å². The molecule has 1 rings (SSSR count). The van der Waals surface area contributed by atoms with Crippen molar-refractivity contribution in [3.63, 3.8) is 0 Å². The summed E-state index contributed by atoms with van der Waals surface area (Å²) in [6, 6.07) is -3.58. The number of rotatable bonds is 31. The molecule has 8 amide bonds. The number of carbonyl (C=O) groups is 13. The van der Waals surface area contributed by atoms with Crippen LogP contribution in [0.1, 0.15) is 57.4 Å². The first-order chi connectivity index (χ1) is 31.5. The van der Waals surface area contributed by atoms with Gasteiger partial charge in [-0.2, -0.15) is 0 Å². The van der Waals surface area contributed by atoms with Gasteiger partial charge in [0, 0.05) is 44.1 Å². The zero-order valence-electron chi connectivity index (χ0n) is 35.3. The molecule has 67 heavy (non-hydrogen) atoms. The molecule has 0 bridgehead atoms. The van der Waals surface area contributed by atoms with Crippen molar-refractivity contribution >= 4 is 99.1 Å². The Kier molecular flexibility index (Phi) is 26.4. The standard InChI is InChI=1S/C37H50N8O20S2/c1-18(46)44-45-37(64)65-13-14-66-67-17-25(35(61)62)41-30(53)23(15-19-5-3-2-4-6-19)40-31(54)24(16-29(51)52)39-27(48)10-7-20(32(55)56)38-26(47)11-8-21(33(57)58)42-36(63)43-22(34(59)60)9-12-28(49)50/h2-6,20-25H,7-17H2,1H3,(H,38,47)(H,39,48)(H,40,54)(H,41,53)(H,44,46)(H,45,64)(H,49,50)(H,51,52)(H,55,56)(H,57,58)(H,59,60)(H,61,62)(H2,42,43,63)/t20-,21-,22-,23-,24-,25-/m0/s1. The Labute approximate surface area is 387 Å². The molecule has 0 radical (unpaired) electrons. The van der Waals surface area contributed by atoms with Crippen LogP contribution in [0.3, 0.4) is 0 Å². The maximum Gasteiger partial charge on any atom is 0.426 e. The average Bonchev–Trinajstić information content (AvgIpc) is 3.24. The summed E-state index contributed by atoms with van der Waals surface area (Å²) in [5.74, 6) is -14.4. The Morgan fingerprint density at radius 2 is 1.01 bits per heavy atom. The van der Waals surface area contributed by atoms with Gasteiger partial charge >= 0.3 is 47.9 Å². The number of ether oxygens (including phenoxy) is 1. The first-order valence-electron chi connectivity index (χ1n) is 19.6. The molecule has 28 nitrogen and oxygen atoms in total. The number of carboxylic acid groups (broad SMARTS) is 6. The van der Waals surface area contributed by atoms with E-state index in [1.807, 2.05) is 21.5 Å². The Hall–Kier alpha value is -7.37. The van der Waals surface area contributed by atoms with Gasteiger partial charge in [0.2, 0.25) is 29.5 Å². The normalized spacial score (nSPS) is 13.2. The predicted molar refractivity (Wildman–Crippen MR) is 228 cm³/mol. The molecule has 6 atom stereocenters. The highest BCUT2D eigenvalue weighted by Gasteiger charge is 2.32. The van der Waals surface area contributed by atoms with Gasteiger partial charge in [-0.1, -0.05) is 51.9 Å². The number of hydrogen-bond donors (Lipinski definition) is 14. The van der Waals surface area contributed by atoms with Crippen LogP contribution in [0.15, 0.2) is 30.3 Å². The summed E-state index contributed by atoms with van der Waals surface area (Å²) in [5, 5.41) is 69.0. The summed E-state index contributed by atoms with van der Waals surface area (Å²) in [5.41, 5.74) is 4.47. The smallest absolute Gasteiger partial charge is 0.426 e. The van der Waals surface area contributed by atoms with Crippen LogP contribution in [0, 0.1) is 0 Å². The lowest BCUT2D eigenvalue weighted by Gasteiger charge is -2.24. The van der Waals surface area contributed by atoms with Gasteiger partial charge in [0.05, 0.1) is 6.42 Å².